The summed E-state index contributed by atoms with van der Waals surface area (Å²) in [5.41, 5.74) is 9.00. The van der Waals surface area contributed by atoms with Crippen molar-refractivity contribution in [3.05, 3.63) is 81.8 Å². The van der Waals surface area contributed by atoms with E-state index in [9.17, 15) is 9.59 Å². The van der Waals surface area contributed by atoms with Gasteiger partial charge in [0, 0.05) is 40.3 Å². The topological polar surface area (TPSA) is 79.9 Å². The Hall–Kier alpha value is -3.42. The molecule has 2 N–H and O–H groups in total. The van der Waals surface area contributed by atoms with E-state index in [0.717, 1.165) is 17.7 Å². The van der Waals surface area contributed by atoms with E-state index in [1.807, 2.05) is 24.3 Å². The maximum Gasteiger partial charge on any atom is 0.243 e. The molecule has 3 aromatic carbocycles. The van der Waals surface area contributed by atoms with Gasteiger partial charge < -0.3 is 14.4 Å². The van der Waals surface area contributed by atoms with Gasteiger partial charge in [0.15, 0.2) is 11.5 Å². The molecular weight excluding hydrogens is 501 g/mol. The molecule has 1 heterocycles. The van der Waals surface area contributed by atoms with Gasteiger partial charge in [0.25, 0.3) is 0 Å². The van der Waals surface area contributed by atoms with Crippen molar-refractivity contribution < 1.29 is 19.1 Å². The highest BCUT2D eigenvalue weighted by Crippen LogP contribution is 2.32. The molecule has 1 aliphatic heterocycles. The zero-order valence-corrected chi connectivity index (χ0v) is 21.5. The predicted octanol–water partition coefficient (Wildman–Crippen LogP) is 5.64. The minimum absolute atomic E-state index is 0.0663. The van der Waals surface area contributed by atoms with E-state index in [1.165, 1.54) is 12.7 Å². The standard InChI is InChI=1S/C27H27Cl2N3O4/c1-3-17-4-9-22(10-5-17)32-15-19(12-26(32)33)27(34)31-30-21-8-11-24(25(14-21)35-2)36-16-18-6-7-20(28)13-23(18)29/h4-11,13-14,19,30H,3,12,15-16H2,1-2H3,(H,31,34)/t19-/m0/s1. The van der Waals surface area contributed by atoms with Crippen LogP contribution in [0.25, 0.3) is 0 Å². The number of rotatable bonds is 9. The van der Waals surface area contributed by atoms with Crippen LogP contribution in [-0.4, -0.2) is 25.5 Å². The Bertz CT molecular complexity index is 1250. The lowest BCUT2D eigenvalue weighted by atomic mass is 10.1. The summed E-state index contributed by atoms with van der Waals surface area (Å²) in [5, 5.41) is 1.07. The molecule has 7 nitrogen and oxygen atoms in total. The summed E-state index contributed by atoms with van der Waals surface area (Å²) in [4.78, 5) is 26.9. The van der Waals surface area contributed by atoms with Gasteiger partial charge in [0.05, 0.1) is 18.7 Å². The highest BCUT2D eigenvalue weighted by molar-refractivity contribution is 6.35. The second-order valence-corrected chi connectivity index (χ2v) is 9.27. The molecule has 3 aromatic rings. The van der Waals surface area contributed by atoms with Crippen LogP contribution >= 0.6 is 23.2 Å². The van der Waals surface area contributed by atoms with Crippen LogP contribution in [0.5, 0.6) is 11.5 Å². The maximum absolute atomic E-state index is 12.7. The van der Waals surface area contributed by atoms with Crippen LogP contribution < -0.4 is 25.2 Å². The molecular formula is C27H27Cl2N3O4. The van der Waals surface area contributed by atoms with Gasteiger partial charge in [-0.1, -0.05) is 48.3 Å². The van der Waals surface area contributed by atoms with Gasteiger partial charge in [-0.05, 0) is 48.4 Å². The first kappa shape index (κ1) is 25.7. The number of nitrogens with one attached hydrogen (secondary N) is 2. The van der Waals surface area contributed by atoms with Crippen molar-refractivity contribution in [2.24, 2.45) is 5.92 Å². The molecule has 1 fully saturated rings. The first-order valence-corrected chi connectivity index (χ1v) is 12.3. The van der Waals surface area contributed by atoms with Crippen molar-refractivity contribution in [1.29, 1.82) is 0 Å². The number of benzene rings is 3. The molecule has 2 amide bonds. The molecule has 188 valence electrons. The fourth-order valence-corrected chi connectivity index (χ4v) is 4.40. The van der Waals surface area contributed by atoms with Crippen molar-refractivity contribution in [1.82, 2.24) is 5.43 Å². The minimum atomic E-state index is -0.454. The number of halogens is 2. The first-order valence-electron chi connectivity index (χ1n) is 11.6. The average Bonchev–Trinajstić information content (AvgIpc) is 3.28. The van der Waals surface area contributed by atoms with E-state index in [2.05, 4.69) is 17.8 Å². The van der Waals surface area contributed by atoms with Gasteiger partial charge >= 0.3 is 0 Å². The fraction of sp³-hybridized carbons (Fsp3) is 0.259. The number of nitrogens with zero attached hydrogens (tertiary/aromatic N) is 1. The second kappa shape index (κ2) is 11.5. The number of hydrogen-bond acceptors (Lipinski definition) is 5. The number of carbonyl (C=O) groups excluding carboxylic acids is 2. The average molecular weight is 528 g/mol. The second-order valence-electron chi connectivity index (χ2n) is 8.43. The Kier molecular flexibility index (Phi) is 8.23. The third kappa shape index (κ3) is 6.04. The summed E-state index contributed by atoms with van der Waals surface area (Å²) < 4.78 is 11.3. The number of ether oxygens (including phenoxy) is 2. The highest BCUT2D eigenvalue weighted by atomic mass is 35.5. The van der Waals surface area contributed by atoms with Crippen molar-refractivity contribution in [3.63, 3.8) is 0 Å². The van der Waals surface area contributed by atoms with E-state index in [0.29, 0.717) is 33.8 Å². The highest BCUT2D eigenvalue weighted by Gasteiger charge is 2.35. The Labute approximate surface area is 220 Å². The largest absolute Gasteiger partial charge is 0.493 e. The molecule has 0 unspecified atom stereocenters. The lowest BCUT2D eigenvalue weighted by Crippen LogP contribution is -2.36. The number of hydrogen-bond donors (Lipinski definition) is 2. The monoisotopic (exact) mass is 527 g/mol. The van der Waals surface area contributed by atoms with Crippen molar-refractivity contribution in [2.75, 3.05) is 24.0 Å². The molecule has 0 aromatic heterocycles. The Balaban J connectivity index is 1.33. The molecule has 1 saturated heterocycles. The van der Waals surface area contributed by atoms with Crippen LogP contribution in [0.1, 0.15) is 24.5 Å². The van der Waals surface area contributed by atoms with E-state index in [4.69, 9.17) is 32.7 Å². The van der Waals surface area contributed by atoms with Crippen molar-refractivity contribution in [3.8, 4) is 11.5 Å². The smallest absolute Gasteiger partial charge is 0.243 e. The van der Waals surface area contributed by atoms with Gasteiger partial charge in [-0.25, -0.2) is 0 Å². The molecule has 0 spiro atoms. The summed E-state index contributed by atoms with van der Waals surface area (Å²) in [7, 11) is 1.53. The van der Waals surface area contributed by atoms with Crippen LogP contribution in [0.2, 0.25) is 10.0 Å². The fourth-order valence-electron chi connectivity index (χ4n) is 3.94. The van der Waals surface area contributed by atoms with Crippen molar-refractivity contribution >= 4 is 46.4 Å². The third-order valence-electron chi connectivity index (χ3n) is 6.04. The lowest BCUT2D eigenvalue weighted by Gasteiger charge is -2.18. The summed E-state index contributed by atoms with van der Waals surface area (Å²) in [6.45, 7) is 2.65. The molecule has 0 radical (unpaired) electrons. The van der Waals surface area contributed by atoms with Crippen molar-refractivity contribution in [2.45, 2.75) is 26.4 Å². The Morgan fingerprint density at radius 1 is 1.06 bits per heavy atom. The van der Waals surface area contributed by atoms with E-state index < -0.39 is 5.92 Å². The van der Waals surface area contributed by atoms with Gasteiger partial charge in [-0.15, -0.1) is 0 Å². The molecule has 0 bridgehead atoms. The molecule has 0 aliphatic carbocycles. The Morgan fingerprint density at radius 2 is 1.83 bits per heavy atom. The molecule has 36 heavy (non-hydrogen) atoms. The van der Waals surface area contributed by atoms with Crippen LogP contribution in [0.3, 0.4) is 0 Å². The zero-order valence-electron chi connectivity index (χ0n) is 20.0. The maximum atomic E-state index is 12.7. The summed E-state index contributed by atoms with van der Waals surface area (Å²) in [6.07, 6.45) is 1.09. The third-order valence-corrected chi connectivity index (χ3v) is 6.63. The summed E-state index contributed by atoms with van der Waals surface area (Å²) in [5.74, 6) is 0.226. The van der Waals surface area contributed by atoms with E-state index >= 15 is 0 Å². The molecule has 4 rings (SSSR count). The number of carbonyl (C=O) groups is 2. The zero-order chi connectivity index (χ0) is 25.7. The van der Waals surface area contributed by atoms with Crippen LogP contribution in [0.15, 0.2) is 60.7 Å². The Morgan fingerprint density at radius 3 is 2.53 bits per heavy atom. The molecule has 9 heteroatoms. The van der Waals surface area contributed by atoms with E-state index in [-0.39, 0.29) is 24.8 Å². The number of anilines is 2. The van der Waals surface area contributed by atoms with Gasteiger partial charge in [-0.3, -0.25) is 20.4 Å². The molecule has 1 aliphatic rings. The number of amides is 2. The SMILES string of the molecule is CCc1ccc(N2C[C@@H](C(=O)NNc3ccc(OCc4ccc(Cl)cc4Cl)c(OC)c3)CC2=O)cc1. The molecule has 1 atom stereocenters. The van der Waals surface area contributed by atoms with E-state index in [1.54, 1.807) is 41.3 Å². The van der Waals surface area contributed by atoms with Crippen LogP contribution in [-0.2, 0) is 22.6 Å². The van der Waals surface area contributed by atoms with Gasteiger partial charge in [0.2, 0.25) is 11.8 Å². The number of hydrazine groups is 1. The summed E-state index contributed by atoms with van der Waals surface area (Å²) in [6, 6.07) is 18.3. The number of aryl methyl sites for hydroxylation is 1. The lowest BCUT2D eigenvalue weighted by molar-refractivity contribution is -0.125. The summed E-state index contributed by atoms with van der Waals surface area (Å²) >= 11 is 12.2. The van der Waals surface area contributed by atoms with Crippen LogP contribution in [0, 0.1) is 5.92 Å². The van der Waals surface area contributed by atoms with Gasteiger partial charge in [0.1, 0.15) is 6.61 Å². The predicted molar refractivity (Wildman–Crippen MR) is 142 cm³/mol. The minimum Gasteiger partial charge on any atom is -0.493 e. The van der Waals surface area contributed by atoms with Crippen LogP contribution in [0.4, 0.5) is 11.4 Å². The van der Waals surface area contributed by atoms with Gasteiger partial charge in [-0.2, -0.15) is 0 Å². The molecule has 0 saturated carbocycles. The quantitative estimate of drug-likeness (QED) is 0.352. The number of methoxy groups -OCH3 is 1. The first-order chi connectivity index (χ1) is 17.4. The normalized spacial score (nSPS) is 15.1.